The first kappa shape index (κ1) is 24.3. The third-order valence-corrected chi connectivity index (χ3v) is 4.64. The van der Waals surface area contributed by atoms with Gasteiger partial charge in [0.25, 0.3) is 0 Å². The summed E-state index contributed by atoms with van der Waals surface area (Å²) in [6.07, 6.45) is 2.68. The minimum absolute atomic E-state index is 0. The molecule has 6 nitrogen and oxygen atoms in total. The summed E-state index contributed by atoms with van der Waals surface area (Å²) in [5.41, 5.74) is 0.681. The van der Waals surface area contributed by atoms with E-state index in [1.54, 1.807) is 12.1 Å². The first-order valence-electron chi connectivity index (χ1n) is 6.46. The molecular formula is C16H14BaO6S2. The molecule has 0 aliphatic rings. The topological polar surface area (TPSA) is 114 Å². The second kappa shape index (κ2) is 10.5. The second-order valence-electron chi connectivity index (χ2n) is 4.39. The summed E-state index contributed by atoms with van der Waals surface area (Å²) in [4.78, 5) is -0.444. The molecule has 0 saturated carbocycles. The van der Waals surface area contributed by atoms with Crippen LogP contribution in [0.2, 0.25) is 0 Å². The molecule has 0 aliphatic carbocycles. The number of benzene rings is 2. The zero-order chi connectivity index (χ0) is 18.4. The molecular weight excluding hydrogens is 490 g/mol. The van der Waals surface area contributed by atoms with Crippen molar-refractivity contribution in [3.05, 3.63) is 72.8 Å². The molecule has 2 rings (SSSR count). The largest absolute Gasteiger partial charge is 2.00 e. The van der Waals surface area contributed by atoms with Gasteiger partial charge in [0.05, 0.1) is 9.79 Å². The Morgan fingerprint density at radius 3 is 1.16 bits per heavy atom. The molecule has 2 aromatic carbocycles. The number of rotatable bonds is 4. The summed E-state index contributed by atoms with van der Waals surface area (Å²) >= 11 is 0. The van der Waals surface area contributed by atoms with Crippen molar-refractivity contribution >= 4 is 81.3 Å². The molecule has 0 aromatic heterocycles. The zero-order valence-corrected chi connectivity index (χ0v) is 19.2. The Morgan fingerprint density at radius 2 is 0.960 bits per heavy atom. The molecule has 0 unspecified atom stereocenters. The predicted octanol–water partition coefficient (Wildman–Crippen LogP) is 2.09. The summed E-state index contributed by atoms with van der Waals surface area (Å²) < 4.78 is 63.7. The third kappa shape index (κ3) is 7.61. The van der Waals surface area contributed by atoms with E-state index in [-0.39, 0.29) is 58.7 Å². The Balaban J connectivity index is 0.000000443. The Hall–Kier alpha value is -0.689. The van der Waals surface area contributed by atoms with E-state index in [1.807, 2.05) is 0 Å². The quantitative estimate of drug-likeness (QED) is 0.466. The number of hydrogen-bond donors (Lipinski definition) is 0. The maximum Gasteiger partial charge on any atom is 2.00 e. The van der Waals surface area contributed by atoms with Crippen molar-refractivity contribution in [3.63, 3.8) is 0 Å². The average molecular weight is 504 g/mol. The molecule has 128 valence electrons. The molecule has 2 aromatic rings. The van der Waals surface area contributed by atoms with Gasteiger partial charge >= 0.3 is 48.9 Å². The van der Waals surface area contributed by atoms with Crippen LogP contribution in [0.1, 0.15) is 11.1 Å². The van der Waals surface area contributed by atoms with Gasteiger partial charge in [-0.2, -0.15) is 0 Å². The Kier molecular flexibility index (Phi) is 10.2. The Morgan fingerprint density at radius 1 is 0.680 bits per heavy atom. The van der Waals surface area contributed by atoms with Crippen molar-refractivity contribution in [2.24, 2.45) is 0 Å². The van der Waals surface area contributed by atoms with Crippen LogP contribution in [0.25, 0.3) is 12.2 Å². The van der Waals surface area contributed by atoms with Gasteiger partial charge in [0.2, 0.25) is 0 Å². The van der Waals surface area contributed by atoms with Crippen molar-refractivity contribution < 1.29 is 25.9 Å². The molecule has 0 saturated heterocycles. The van der Waals surface area contributed by atoms with E-state index in [0.29, 0.717) is 11.1 Å². The van der Waals surface area contributed by atoms with Crippen LogP contribution in [-0.2, 0) is 20.2 Å². The van der Waals surface area contributed by atoms with Crippen molar-refractivity contribution in [3.8, 4) is 0 Å². The first-order valence-corrected chi connectivity index (χ1v) is 9.27. The van der Waals surface area contributed by atoms with Crippen LogP contribution in [0.15, 0.2) is 71.5 Å². The van der Waals surface area contributed by atoms with Gasteiger partial charge in [-0.3, -0.25) is 0 Å². The maximum absolute atomic E-state index is 10.6. The van der Waals surface area contributed by atoms with E-state index >= 15 is 0 Å². The van der Waals surface area contributed by atoms with E-state index < -0.39 is 20.2 Å². The van der Waals surface area contributed by atoms with Crippen LogP contribution in [0, 0.1) is 0 Å². The zero-order valence-electron chi connectivity index (χ0n) is 13.2. The maximum atomic E-state index is 10.6. The Bertz CT molecular complexity index is 871. The molecule has 9 heteroatoms. The second-order valence-corrected chi connectivity index (χ2v) is 7.09. The monoisotopic (exact) mass is 504 g/mol. The van der Waals surface area contributed by atoms with Crippen molar-refractivity contribution in [2.75, 3.05) is 0 Å². The van der Waals surface area contributed by atoms with Gasteiger partial charge in [-0.05, 0) is 23.3 Å². The van der Waals surface area contributed by atoms with Gasteiger partial charge < -0.3 is 9.11 Å². The third-order valence-electron chi connectivity index (χ3n) is 2.82. The van der Waals surface area contributed by atoms with E-state index in [0.717, 1.165) is 0 Å². The van der Waals surface area contributed by atoms with Crippen molar-refractivity contribution in [2.45, 2.75) is 9.79 Å². The molecule has 0 atom stereocenters. The van der Waals surface area contributed by atoms with Gasteiger partial charge in [0.15, 0.2) is 0 Å². The number of hydrogen-bond acceptors (Lipinski definition) is 6. The van der Waals surface area contributed by atoms with Crippen LogP contribution in [0.4, 0.5) is 0 Å². The SMILES string of the molecule is C=Cc1ccccc1S(=O)(=O)[O-].C=Cc1ccccc1S(=O)(=O)[O-].[Ba+2]. The molecule has 25 heavy (non-hydrogen) atoms. The predicted molar refractivity (Wildman–Crippen MR) is 94.7 cm³/mol. The fraction of sp³-hybridized carbons (Fsp3) is 0. The molecule has 0 bridgehead atoms. The molecule has 0 N–H and O–H groups in total. The summed E-state index contributed by atoms with van der Waals surface area (Å²) in [7, 11) is -8.73. The minimum Gasteiger partial charge on any atom is -0.744 e. The molecule has 0 radical (unpaired) electrons. The van der Waals surface area contributed by atoms with Crippen LogP contribution in [0.3, 0.4) is 0 Å². The van der Waals surface area contributed by atoms with Gasteiger partial charge in [-0.25, -0.2) is 16.8 Å². The van der Waals surface area contributed by atoms with Gasteiger partial charge in [0.1, 0.15) is 20.2 Å². The summed E-state index contributed by atoms with van der Waals surface area (Å²) in [6.45, 7) is 6.80. The first-order chi connectivity index (χ1) is 11.1. The van der Waals surface area contributed by atoms with Crippen LogP contribution in [-0.4, -0.2) is 74.8 Å². The summed E-state index contributed by atoms with van der Waals surface area (Å²) in [6, 6.07) is 11.9. The fourth-order valence-electron chi connectivity index (χ4n) is 1.75. The average Bonchev–Trinajstić information content (AvgIpc) is 2.53. The van der Waals surface area contributed by atoms with Crippen LogP contribution >= 0.6 is 0 Å². The van der Waals surface area contributed by atoms with Crippen molar-refractivity contribution in [1.82, 2.24) is 0 Å². The van der Waals surface area contributed by atoms with Crippen LogP contribution < -0.4 is 0 Å². The molecule has 0 aliphatic heterocycles. The Labute approximate surface area is 187 Å². The standard InChI is InChI=1S/2C8H8O3S.Ba/c2*1-2-7-5-3-4-6-8(7)12(9,10)11;/h2*2-6H,1H2,(H,9,10,11);/q;;+2/p-2. The van der Waals surface area contributed by atoms with Crippen molar-refractivity contribution in [1.29, 1.82) is 0 Å². The molecule has 0 spiro atoms. The fourth-order valence-corrected chi connectivity index (χ4v) is 3.12. The summed E-state index contributed by atoms with van der Waals surface area (Å²) in [5, 5.41) is 0. The van der Waals surface area contributed by atoms with Crippen LogP contribution in [0.5, 0.6) is 0 Å². The molecule has 0 amide bonds. The van der Waals surface area contributed by atoms with Gasteiger partial charge in [-0.1, -0.05) is 61.7 Å². The molecule has 0 heterocycles. The normalized spacial score (nSPS) is 10.6. The van der Waals surface area contributed by atoms with Gasteiger partial charge in [-0.15, -0.1) is 0 Å². The summed E-state index contributed by atoms with van der Waals surface area (Å²) in [5.74, 6) is 0. The minimum atomic E-state index is -4.37. The van der Waals surface area contributed by atoms with E-state index in [1.165, 1.54) is 48.6 Å². The smallest absolute Gasteiger partial charge is 0.744 e. The van der Waals surface area contributed by atoms with E-state index in [4.69, 9.17) is 0 Å². The van der Waals surface area contributed by atoms with E-state index in [9.17, 15) is 25.9 Å². The van der Waals surface area contributed by atoms with Gasteiger partial charge in [0, 0.05) is 0 Å². The van der Waals surface area contributed by atoms with E-state index in [2.05, 4.69) is 13.2 Å². The molecule has 0 fully saturated rings.